The van der Waals surface area contributed by atoms with Gasteiger partial charge in [-0.1, -0.05) is 0 Å². The van der Waals surface area contributed by atoms with Crippen molar-refractivity contribution >= 4 is 0 Å². The van der Waals surface area contributed by atoms with E-state index in [9.17, 15) is 0 Å². The molecule has 58 valence electrons. The maximum atomic E-state index is 8.57. The topological polar surface area (TPSA) is 77.3 Å². The number of halogens is 1. The van der Waals surface area contributed by atoms with Gasteiger partial charge in [-0.25, -0.2) is 0 Å². The predicted molar refractivity (Wildman–Crippen MR) is 26.7 cm³/mol. The lowest BCUT2D eigenvalue weighted by Crippen LogP contribution is -3.00. The van der Waals surface area contributed by atoms with Gasteiger partial charge in [-0.2, -0.15) is 0 Å². The molecule has 0 unspecified atom stereocenters. The molecule has 5 heteroatoms. The summed E-state index contributed by atoms with van der Waals surface area (Å²) in [5.41, 5.74) is 0. The molecule has 0 aromatic carbocycles. The smallest absolute Gasteiger partial charge is 0.335 e. The quantitative estimate of drug-likeness (QED) is 0.344. The Kier molecular flexibility index (Phi) is 6.87. The summed E-state index contributed by atoms with van der Waals surface area (Å²) in [5, 5.41) is 26.6. The van der Waals surface area contributed by atoms with Crippen molar-refractivity contribution in [1.82, 2.24) is 0 Å². The van der Waals surface area contributed by atoms with Gasteiger partial charge in [-0.3, -0.25) is 5.32 Å². The first-order valence-electron chi connectivity index (χ1n) is 2.52. The molecular weight excluding hydrogens is 190 g/mol. The van der Waals surface area contributed by atoms with Crippen LogP contribution in [-0.4, -0.2) is 34.4 Å². The Morgan fingerprint density at radius 2 is 1.89 bits per heavy atom. The van der Waals surface area contributed by atoms with Gasteiger partial charge < -0.3 is 32.3 Å². The van der Waals surface area contributed by atoms with Crippen LogP contribution in [0.25, 0.3) is 0 Å². The molecule has 0 saturated carbocycles. The summed E-state index contributed by atoms with van der Waals surface area (Å²) in [4.78, 5) is 0. The van der Waals surface area contributed by atoms with Crippen LogP contribution in [0.1, 0.15) is 6.92 Å². The molecule has 0 heterocycles. The molecule has 0 rings (SSSR count). The van der Waals surface area contributed by atoms with Crippen LogP contribution >= 0.6 is 0 Å². The minimum atomic E-state index is -1.98. The van der Waals surface area contributed by atoms with Crippen molar-refractivity contribution in [2.45, 2.75) is 12.8 Å². The van der Waals surface area contributed by atoms with E-state index in [4.69, 9.17) is 15.3 Å². The van der Waals surface area contributed by atoms with Gasteiger partial charge in [0.15, 0.2) is 6.61 Å². The maximum Gasteiger partial charge on any atom is 0.335 e. The summed E-state index contributed by atoms with van der Waals surface area (Å²) in [5.74, 6) is -1.98. The maximum absolute atomic E-state index is 8.57. The molecule has 0 aliphatic rings. The SMILES string of the molecule is CC[NH2+]C(O)(O)CO.[Br-]. The van der Waals surface area contributed by atoms with Gasteiger partial charge >= 0.3 is 5.91 Å². The molecule has 0 radical (unpaired) electrons. The molecule has 0 aromatic rings. The minimum Gasteiger partial charge on any atom is -1.00 e. The zero-order valence-electron chi connectivity index (χ0n) is 5.21. The molecule has 0 bridgehead atoms. The third-order valence-corrected chi connectivity index (χ3v) is 0.764. The normalized spacial score (nSPS) is 10.7. The number of likely N-dealkylation sites (N-methyl/N-ethyl adjacent to an activating group) is 1. The second kappa shape index (κ2) is 5.13. The highest BCUT2D eigenvalue weighted by Crippen LogP contribution is 1.77. The summed E-state index contributed by atoms with van der Waals surface area (Å²) >= 11 is 0. The molecule has 0 aromatic heterocycles. The summed E-state index contributed by atoms with van der Waals surface area (Å²) in [6, 6.07) is 0. The Bertz CT molecular complexity index is 68.8. The third-order valence-electron chi connectivity index (χ3n) is 0.764. The highest BCUT2D eigenvalue weighted by atomic mass is 79.9. The molecule has 5 N–H and O–H groups in total. The molecule has 0 aliphatic carbocycles. The Hall–Kier alpha value is 0.320. The van der Waals surface area contributed by atoms with Crippen LogP contribution in [0.2, 0.25) is 0 Å². The number of rotatable bonds is 3. The first-order valence-corrected chi connectivity index (χ1v) is 2.52. The lowest BCUT2D eigenvalue weighted by molar-refractivity contribution is -0.810. The molecule has 4 nitrogen and oxygen atoms in total. The van der Waals surface area contributed by atoms with Crippen LogP contribution in [0.3, 0.4) is 0 Å². The van der Waals surface area contributed by atoms with E-state index in [2.05, 4.69) is 0 Å². The van der Waals surface area contributed by atoms with Gasteiger partial charge in [0.1, 0.15) is 0 Å². The summed E-state index contributed by atoms with van der Waals surface area (Å²) in [6.45, 7) is 1.66. The van der Waals surface area contributed by atoms with Gasteiger partial charge in [0.25, 0.3) is 0 Å². The van der Waals surface area contributed by atoms with Gasteiger partial charge in [-0.05, 0) is 6.92 Å². The number of hydrogen-bond donors (Lipinski definition) is 4. The van der Waals surface area contributed by atoms with Gasteiger partial charge in [0, 0.05) is 0 Å². The standard InChI is InChI=1S/C4H11NO3.BrH/c1-2-5-4(7,8)3-6;/h5-8H,2-3H2,1H3;1H. The second-order valence-corrected chi connectivity index (χ2v) is 1.65. The van der Waals surface area contributed by atoms with Crippen molar-refractivity contribution in [2.24, 2.45) is 0 Å². The second-order valence-electron chi connectivity index (χ2n) is 1.65. The Morgan fingerprint density at radius 3 is 2.00 bits per heavy atom. The van der Waals surface area contributed by atoms with E-state index < -0.39 is 12.5 Å². The number of nitrogens with two attached hydrogens (primary N) is 1. The molecule has 0 atom stereocenters. The van der Waals surface area contributed by atoms with E-state index in [-0.39, 0.29) is 17.0 Å². The highest BCUT2D eigenvalue weighted by molar-refractivity contribution is 4.35. The zero-order valence-corrected chi connectivity index (χ0v) is 6.80. The van der Waals surface area contributed by atoms with Crippen molar-refractivity contribution in [2.75, 3.05) is 13.2 Å². The predicted octanol–water partition coefficient (Wildman–Crippen LogP) is -5.80. The summed E-state index contributed by atoms with van der Waals surface area (Å²) in [6.07, 6.45) is 0. The van der Waals surface area contributed by atoms with E-state index in [1.54, 1.807) is 6.92 Å². The van der Waals surface area contributed by atoms with Crippen LogP contribution in [-0.2, 0) is 0 Å². The first-order chi connectivity index (χ1) is 3.62. The average Bonchev–Trinajstić information content (AvgIpc) is 1.67. The molecule has 0 fully saturated rings. The molecule has 0 amide bonds. The first kappa shape index (κ1) is 12.0. The van der Waals surface area contributed by atoms with E-state index in [1.165, 1.54) is 5.32 Å². The molecular formula is C4H12BrNO3. The Balaban J connectivity index is 0. The molecule has 0 saturated heterocycles. The fourth-order valence-electron chi connectivity index (χ4n) is 0.391. The Morgan fingerprint density at radius 1 is 1.44 bits per heavy atom. The third kappa shape index (κ3) is 6.20. The zero-order chi connectivity index (χ0) is 6.62. The van der Waals surface area contributed by atoms with E-state index in [0.29, 0.717) is 6.54 Å². The summed E-state index contributed by atoms with van der Waals surface area (Å²) in [7, 11) is 0. The minimum absolute atomic E-state index is 0. The van der Waals surface area contributed by atoms with Crippen molar-refractivity contribution in [3.63, 3.8) is 0 Å². The Labute approximate surface area is 64.3 Å². The fraction of sp³-hybridized carbons (Fsp3) is 1.00. The van der Waals surface area contributed by atoms with Gasteiger partial charge in [0.05, 0.1) is 6.54 Å². The van der Waals surface area contributed by atoms with Crippen molar-refractivity contribution in [3.8, 4) is 0 Å². The number of hydrogen-bond acceptors (Lipinski definition) is 3. The highest BCUT2D eigenvalue weighted by Gasteiger charge is 2.23. The van der Waals surface area contributed by atoms with Crippen molar-refractivity contribution in [3.05, 3.63) is 0 Å². The number of aliphatic hydroxyl groups excluding tert-OH is 1. The van der Waals surface area contributed by atoms with Crippen LogP contribution in [0.5, 0.6) is 0 Å². The molecule has 0 aliphatic heterocycles. The van der Waals surface area contributed by atoms with E-state index in [0.717, 1.165) is 0 Å². The average molecular weight is 202 g/mol. The monoisotopic (exact) mass is 201 g/mol. The lowest BCUT2D eigenvalue weighted by atomic mass is 10.5. The van der Waals surface area contributed by atoms with Crippen molar-refractivity contribution < 1.29 is 37.6 Å². The van der Waals surface area contributed by atoms with Gasteiger partial charge in [-0.15, -0.1) is 0 Å². The molecule has 0 spiro atoms. The van der Waals surface area contributed by atoms with E-state index >= 15 is 0 Å². The fourth-order valence-corrected chi connectivity index (χ4v) is 0.391. The number of quaternary nitrogens is 1. The van der Waals surface area contributed by atoms with Crippen LogP contribution < -0.4 is 22.3 Å². The largest absolute Gasteiger partial charge is 1.00 e. The molecule has 9 heavy (non-hydrogen) atoms. The number of aliphatic hydroxyl groups is 3. The van der Waals surface area contributed by atoms with Crippen LogP contribution in [0, 0.1) is 0 Å². The summed E-state index contributed by atoms with van der Waals surface area (Å²) < 4.78 is 0. The van der Waals surface area contributed by atoms with Gasteiger partial charge in [0.2, 0.25) is 0 Å². The lowest BCUT2D eigenvalue weighted by Gasteiger charge is -2.13. The van der Waals surface area contributed by atoms with Crippen molar-refractivity contribution in [1.29, 1.82) is 0 Å². The van der Waals surface area contributed by atoms with Crippen LogP contribution in [0.4, 0.5) is 0 Å². The van der Waals surface area contributed by atoms with Crippen LogP contribution in [0.15, 0.2) is 0 Å². The van der Waals surface area contributed by atoms with E-state index in [1.807, 2.05) is 0 Å².